The lowest BCUT2D eigenvalue weighted by Gasteiger charge is -2.22. The topological polar surface area (TPSA) is 80.8 Å². The van der Waals surface area contributed by atoms with E-state index < -0.39 is 0 Å². The molecule has 1 aliphatic heterocycles. The van der Waals surface area contributed by atoms with Gasteiger partial charge in [0.1, 0.15) is 5.82 Å². The Balaban J connectivity index is 1.68. The number of fused-ring (bicyclic) bond motifs is 1. The zero-order valence-electron chi connectivity index (χ0n) is 18.7. The highest BCUT2D eigenvalue weighted by Gasteiger charge is 2.24. The monoisotopic (exact) mass is 440 g/mol. The lowest BCUT2D eigenvalue weighted by Crippen LogP contribution is -2.19. The maximum Gasteiger partial charge on any atom is 0.203 e. The van der Waals surface area contributed by atoms with E-state index in [0.29, 0.717) is 23.7 Å². The highest BCUT2D eigenvalue weighted by molar-refractivity contribution is 6.11. The Morgan fingerprint density at radius 3 is 2.15 bits per heavy atom. The number of ether oxygens (including phenoxy) is 3. The SMILES string of the molecule is COc1cc(C2=C(c3nc4ccccc4[nH]3)CC(c3ccccc3)=NN2)cc(OC)c1OC. The number of aromatic nitrogens is 2. The van der Waals surface area contributed by atoms with E-state index in [0.717, 1.165) is 45.0 Å². The predicted molar refractivity (Wildman–Crippen MR) is 130 cm³/mol. The fraction of sp³-hybridized carbons (Fsp3) is 0.154. The van der Waals surface area contributed by atoms with Gasteiger partial charge >= 0.3 is 0 Å². The first-order chi connectivity index (χ1) is 16.2. The van der Waals surface area contributed by atoms with Gasteiger partial charge in [-0.25, -0.2) is 4.98 Å². The van der Waals surface area contributed by atoms with Gasteiger partial charge in [0, 0.05) is 17.6 Å². The van der Waals surface area contributed by atoms with Crippen LogP contribution in [-0.4, -0.2) is 37.0 Å². The Bertz CT molecular complexity index is 1310. The van der Waals surface area contributed by atoms with E-state index in [1.807, 2.05) is 54.6 Å². The van der Waals surface area contributed by atoms with Crippen molar-refractivity contribution in [2.45, 2.75) is 6.42 Å². The molecule has 166 valence electrons. The molecule has 0 aliphatic carbocycles. The molecule has 0 bridgehead atoms. The number of para-hydroxylation sites is 2. The van der Waals surface area contributed by atoms with Crippen LogP contribution in [-0.2, 0) is 0 Å². The Hall–Kier alpha value is -4.26. The van der Waals surface area contributed by atoms with Crippen LogP contribution in [0.3, 0.4) is 0 Å². The summed E-state index contributed by atoms with van der Waals surface area (Å²) < 4.78 is 16.6. The van der Waals surface area contributed by atoms with Crippen molar-refractivity contribution in [2.75, 3.05) is 21.3 Å². The average molecular weight is 441 g/mol. The molecule has 4 aromatic rings. The second kappa shape index (κ2) is 8.70. The second-order valence-electron chi connectivity index (χ2n) is 7.58. The summed E-state index contributed by atoms with van der Waals surface area (Å²) in [5.74, 6) is 2.47. The van der Waals surface area contributed by atoms with Gasteiger partial charge in [0.25, 0.3) is 0 Å². The summed E-state index contributed by atoms with van der Waals surface area (Å²) in [6.07, 6.45) is 0.600. The van der Waals surface area contributed by atoms with Crippen molar-refractivity contribution in [2.24, 2.45) is 5.10 Å². The van der Waals surface area contributed by atoms with E-state index in [-0.39, 0.29) is 0 Å². The Labute approximate surface area is 191 Å². The maximum atomic E-state index is 5.57. The molecule has 0 saturated carbocycles. The maximum absolute atomic E-state index is 5.57. The minimum absolute atomic E-state index is 0.541. The molecule has 3 aromatic carbocycles. The molecule has 2 N–H and O–H groups in total. The summed E-state index contributed by atoms with van der Waals surface area (Å²) in [7, 11) is 4.81. The number of nitrogens with one attached hydrogen (secondary N) is 2. The van der Waals surface area contributed by atoms with E-state index >= 15 is 0 Å². The van der Waals surface area contributed by atoms with Crippen LogP contribution in [0.4, 0.5) is 0 Å². The van der Waals surface area contributed by atoms with E-state index in [1.54, 1.807) is 21.3 Å². The zero-order chi connectivity index (χ0) is 22.8. The molecular weight excluding hydrogens is 416 g/mol. The number of methoxy groups -OCH3 is 3. The molecule has 1 aromatic heterocycles. The van der Waals surface area contributed by atoms with Gasteiger partial charge in [-0.3, -0.25) is 5.43 Å². The van der Waals surface area contributed by atoms with Gasteiger partial charge < -0.3 is 19.2 Å². The third kappa shape index (κ3) is 3.78. The van der Waals surface area contributed by atoms with Crippen molar-refractivity contribution in [3.8, 4) is 17.2 Å². The molecule has 0 saturated heterocycles. The van der Waals surface area contributed by atoms with Gasteiger partial charge in [-0.2, -0.15) is 5.10 Å². The molecule has 2 heterocycles. The van der Waals surface area contributed by atoms with Crippen LogP contribution in [0.1, 0.15) is 23.4 Å². The van der Waals surface area contributed by atoms with Crippen LogP contribution in [0.25, 0.3) is 22.3 Å². The fourth-order valence-corrected chi connectivity index (χ4v) is 4.05. The minimum Gasteiger partial charge on any atom is -0.493 e. The number of imidazole rings is 1. The normalized spacial score (nSPS) is 13.5. The number of nitrogens with zero attached hydrogens (tertiary/aromatic N) is 2. The molecule has 1 aliphatic rings. The number of hydrogen-bond donors (Lipinski definition) is 2. The standard InChI is InChI=1S/C26H24N4O3/c1-31-22-13-17(14-23(32-2)25(22)33-3)24-18(26-27-19-11-7-8-12-20(19)28-26)15-21(29-30-24)16-9-5-4-6-10-16/h4-14,30H,15H2,1-3H3,(H,27,28). The van der Waals surface area contributed by atoms with Crippen molar-refractivity contribution in [3.63, 3.8) is 0 Å². The van der Waals surface area contributed by atoms with Gasteiger partial charge in [-0.05, 0) is 29.8 Å². The third-order valence-electron chi connectivity index (χ3n) is 5.68. The molecular formula is C26H24N4O3. The van der Waals surface area contributed by atoms with Crippen LogP contribution in [0, 0.1) is 0 Å². The van der Waals surface area contributed by atoms with Crippen LogP contribution in [0.5, 0.6) is 17.2 Å². The first-order valence-electron chi connectivity index (χ1n) is 10.6. The Morgan fingerprint density at radius 2 is 1.48 bits per heavy atom. The number of hydrogen-bond acceptors (Lipinski definition) is 6. The molecule has 7 nitrogen and oxygen atoms in total. The summed E-state index contributed by atoms with van der Waals surface area (Å²) >= 11 is 0. The number of H-pyrrole nitrogens is 1. The molecule has 33 heavy (non-hydrogen) atoms. The van der Waals surface area contributed by atoms with Crippen molar-refractivity contribution < 1.29 is 14.2 Å². The summed E-state index contributed by atoms with van der Waals surface area (Å²) in [4.78, 5) is 8.33. The number of hydrazone groups is 1. The van der Waals surface area contributed by atoms with Crippen LogP contribution < -0.4 is 19.6 Å². The fourth-order valence-electron chi connectivity index (χ4n) is 4.05. The Morgan fingerprint density at radius 1 is 0.788 bits per heavy atom. The van der Waals surface area contributed by atoms with E-state index in [2.05, 4.69) is 22.5 Å². The van der Waals surface area contributed by atoms with Crippen molar-refractivity contribution in [1.29, 1.82) is 0 Å². The zero-order valence-corrected chi connectivity index (χ0v) is 18.7. The summed E-state index contributed by atoms with van der Waals surface area (Å²) in [5, 5.41) is 4.69. The smallest absolute Gasteiger partial charge is 0.203 e. The molecule has 7 heteroatoms. The molecule has 0 fully saturated rings. The van der Waals surface area contributed by atoms with Crippen LogP contribution >= 0.6 is 0 Å². The number of allylic oxidation sites excluding steroid dienone is 1. The van der Waals surface area contributed by atoms with Gasteiger partial charge in [0.2, 0.25) is 5.75 Å². The van der Waals surface area contributed by atoms with E-state index in [1.165, 1.54) is 0 Å². The quantitative estimate of drug-likeness (QED) is 0.448. The summed E-state index contributed by atoms with van der Waals surface area (Å²) in [6.45, 7) is 0. The van der Waals surface area contributed by atoms with Gasteiger partial charge in [0.15, 0.2) is 11.5 Å². The molecule has 0 amide bonds. The van der Waals surface area contributed by atoms with Crippen molar-refractivity contribution >= 4 is 28.0 Å². The predicted octanol–water partition coefficient (Wildman–Crippen LogP) is 4.85. The van der Waals surface area contributed by atoms with Crippen molar-refractivity contribution in [1.82, 2.24) is 15.4 Å². The molecule has 0 radical (unpaired) electrons. The first kappa shape index (κ1) is 20.6. The molecule has 0 unspecified atom stereocenters. The van der Waals surface area contributed by atoms with Crippen LogP contribution in [0.2, 0.25) is 0 Å². The lowest BCUT2D eigenvalue weighted by molar-refractivity contribution is 0.324. The lowest BCUT2D eigenvalue weighted by atomic mass is 9.96. The number of benzene rings is 3. The third-order valence-corrected chi connectivity index (χ3v) is 5.68. The second-order valence-corrected chi connectivity index (χ2v) is 7.58. The van der Waals surface area contributed by atoms with E-state index in [4.69, 9.17) is 24.3 Å². The summed E-state index contributed by atoms with van der Waals surface area (Å²) in [6, 6.07) is 22.0. The number of rotatable bonds is 6. The molecule has 0 spiro atoms. The van der Waals surface area contributed by atoms with Gasteiger partial charge in [-0.1, -0.05) is 42.5 Å². The highest BCUT2D eigenvalue weighted by atomic mass is 16.5. The highest BCUT2D eigenvalue weighted by Crippen LogP contribution is 2.41. The number of aromatic amines is 1. The van der Waals surface area contributed by atoms with Gasteiger partial charge in [0.05, 0.1) is 43.8 Å². The molecule has 5 rings (SSSR count). The van der Waals surface area contributed by atoms with Gasteiger partial charge in [-0.15, -0.1) is 0 Å². The largest absolute Gasteiger partial charge is 0.493 e. The van der Waals surface area contributed by atoms with Crippen molar-refractivity contribution in [3.05, 3.63) is 83.7 Å². The molecule has 0 atom stereocenters. The minimum atomic E-state index is 0.541. The average Bonchev–Trinajstić information content (AvgIpc) is 3.32. The van der Waals surface area contributed by atoms with E-state index in [9.17, 15) is 0 Å². The Kier molecular flexibility index (Phi) is 5.44. The first-order valence-corrected chi connectivity index (χ1v) is 10.6. The summed E-state index contributed by atoms with van der Waals surface area (Å²) in [5.41, 5.74) is 9.83. The van der Waals surface area contributed by atoms with Crippen LogP contribution in [0.15, 0.2) is 71.8 Å².